The first-order valence-electron chi connectivity index (χ1n) is 10.4. The summed E-state index contributed by atoms with van der Waals surface area (Å²) in [6.45, 7) is 0.0892. The van der Waals surface area contributed by atoms with Crippen LogP contribution in [0.1, 0.15) is 30.4 Å². The number of hydrogen-bond acceptors (Lipinski definition) is 5. The van der Waals surface area contributed by atoms with Gasteiger partial charge >= 0.3 is 11.9 Å². The largest absolute Gasteiger partial charge is 0.457 e. The zero-order chi connectivity index (χ0) is 22.9. The van der Waals surface area contributed by atoms with Crippen molar-refractivity contribution in [1.82, 2.24) is 0 Å². The standard InChI is InChI=1S/C25H25ClINO4/c26-23(27)20(19-12-7-13-22(19)28)14-21(24(29)31-15-17-8-3-1-4-9-17)25(30)32-16-18-10-5-2-6-11-18/h1-6,8-11,14,19,22H,7,12-13,15-16,28H2/b23-20+. The van der Waals surface area contributed by atoms with Gasteiger partial charge in [-0.2, -0.15) is 0 Å². The first-order valence-corrected chi connectivity index (χ1v) is 11.9. The Morgan fingerprint density at radius 3 is 1.84 bits per heavy atom. The lowest BCUT2D eigenvalue weighted by Crippen LogP contribution is -2.26. The van der Waals surface area contributed by atoms with Crippen LogP contribution in [0.5, 0.6) is 0 Å². The molecule has 0 heterocycles. The smallest absolute Gasteiger partial charge is 0.345 e. The van der Waals surface area contributed by atoms with Gasteiger partial charge in [-0.1, -0.05) is 78.7 Å². The molecule has 7 heteroatoms. The van der Waals surface area contributed by atoms with Crippen molar-refractivity contribution in [2.45, 2.75) is 38.5 Å². The van der Waals surface area contributed by atoms with Gasteiger partial charge in [-0.3, -0.25) is 0 Å². The first-order chi connectivity index (χ1) is 15.5. The van der Waals surface area contributed by atoms with Crippen LogP contribution in [0.3, 0.4) is 0 Å². The number of halogens is 2. The van der Waals surface area contributed by atoms with E-state index in [1.54, 1.807) is 0 Å². The van der Waals surface area contributed by atoms with Crippen LogP contribution >= 0.6 is 34.2 Å². The van der Waals surface area contributed by atoms with Gasteiger partial charge in [-0.15, -0.1) is 0 Å². The molecule has 1 aliphatic carbocycles. The predicted octanol–water partition coefficient (Wildman–Crippen LogP) is 5.41. The predicted molar refractivity (Wildman–Crippen MR) is 133 cm³/mol. The van der Waals surface area contributed by atoms with E-state index in [0.29, 0.717) is 8.61 Å². The molecule has 1 fully saturated rings. The molecule has 32 heavy (non-hydrogen) atoms. The van der Waals surface area contributed by atoms with Crippen LogP contribution in [-0.2, 0) is 32.3 Å². The van der Waals surface area contributed by atoms with E-state index in [9.17, 15) is 9.59 Å². The summed E-state index contributed by atoms with van der Waals surface area (Å²) in [5.74, 6) is -1.55. The number of carbonyl (C=O) groups is 2. The number of allylic oxidation sites excluding steroid dienone is 1. The molecule has 0 spiro atoms. The molecule has 0 aliphatic heterocycles. The Balaban J connectivity index is 1.83. The van der Waals surface area contributed by atoms with Crippen LogP contribution in [0.4, 0.5) is 0 Å². The van der Waals surface area contributed by atoms with Crippen LogP contribution in [0.25, 0.3) is 0 Å². The molecule has 1 saturated carbocycles. The molecule has 0 saturated heterocycles. The highest BCUT2D eigenvalue weighted by atomic mass is 127. The van der Waals surface area contributed by atoms with Gasteiger partial charge < -0.3 is 15.2 Å². The number of nitrogens with two attached hydrogens (primary N) is 1. The molecule has 1 aliphatic rings. The summed E-state index contributed by atoms with van der Waals surface area (Å²) in [4.78, 5) is 25.9. The van der Waals surface area contributed by atoms with E-state index in [4.69, 9.17) is 26.8 Å². The lowest BCUT2D eigenvalue weighted by Gasteiger charge is -2.18. The summed E-state index contributed by atoms with van der Waals surface area (Å²) in [6.07, 6.45) is 4.17. The summed E-state index contributed by atoms with van der Waals surface area (Å²) in [5, 5.41) is 0. The maximum absolute atomic E-state index is 12.9. The van der Waals surface area contributed by atoms with Crippen LogP contribution < -0.4 is 5.73 Å². The summed E-state index contributed by atoms with van der Waals surface area (Å²) in [5.41, 5.74) is 8.37. The minimum Gasteiger partial charge on any atom is -0.457 e. The van der Waals surface area contributed by atoms with Crippen molar-refractivity contribution in [3.63, 3.8) is 0 Å². The number of benzene rings is 2. The average Bonchev–Trinajstić information content (AvgIpc) is 3.23. The molecule has 2 atom stereocenters. The number of rotatable bonds is 8. The summed E-state index contributed by atoms with van der Waals surface area (Å²) < 4.78 is 11.3. The Kier molecular flexibility index (Phi) is 9.32. The SMILES string of the molecule is NC1CCCC1/C(C=C(C(=O)OCc1ccccc1)C(=O)OCc1ccccc1)=C(\Cl)I. The van der Waals surface area contributed by atoms with Crippen LogP contribution in [0.2, 0.25) is 0 Å². The minimum absolute atomic E-state index is 0.0294. The van der Waals surface area contributed by atoms with Crippen molar-refractivity contribution < 1.29 is 19.1 Å². The lowest BCUT2D eigenvalue weighted by atomic mass is 9.93. The fourth-order valence-electron chi connectivity index (χ4n) is 3.64. The van der Waals surface area contributed by atoms with Crippen LogP contribution in [-0.4, -0.2) is 18.0 Å². The fourth-order valence-corrected chi connectivity index (χ4v) is 4.39. The summed E-state index contributed by atoms with van der Waals surface area (Å²) in [6, 6.07) is 18.5. The van der Waals surface area contributed by atoms with Crippen molar-refractivity contribution in [2.24, 2.45) is 11.7 Å². The third kappa shape index (κ3) is 6.92. The van der Waals surface area contributed by atoms with Gasteiger partial charge in [0, 0.05) is 12.0 Å². The topological polar surface area (TPSA) is 78.6 Å². The lowest BCUT2D eigenvalue weighted by molar-refractivity contribution is -0.148. The number of hydrogen-bond donors (Lipinski definition) is 1. The molecule has 2 aromatic rings. The third-order valence-corrected chi connectivity index (χ3v) is 6.19. The molecule has 2 unspecified atom stereocenters. The van der Waals surface area contributed by atoms with Crippen molar-refractivity contribution >= 4 is 46.1 Å². The molecule has 0 radical (unpaired) electrons. The van der Waals surface area contributed by atoms with Crippen LogP contribution in [0, 0.1) is 5.92 Å². The Morgan fingerprint density at radius 2 is 1.44 bits per heavy atom. The summed E-state index contributed by atoms with van der Waals surface area (Å²) >= 11 is 8.34. The van der Waals surface area contributed by atoms with E-state index in [0.717, 1.165) is 30.4 Å². The first kappa shape index (κ1) is 24.5. The summed E-state index contributed by atoms with van der Waals surface area (Å²) in [7, 11) is 0. The molecule has 5 nitrogen and oxygen atoms in total. The molecule has 2 aromatic carbocycles. The van der Waals surface area contributed by atoms with Crippen molar-refractivity contribution in [3.05, 3.63) is 92.1 Å². The quantitative estimate of drug-likeness (QED) is 0.116. The van der Waals surface area contributed by atoms with E-state index in [2.05, 4.69) is 0 Å². The molecule has 0 bridgehead atoms. The Morgan fingerprint density at radius 1 is 0.938 bits per heavy atom. The monoisotopic (exact) mass is 565 g/mol. The third-order valence-electron chi connectivity index (χ3n) is 5.35. The second kappa shape index (κ2) is 12.2. The van der Waals surface area contributed by atoms with Crippen molar-refractivity contribution in [2.75, 3.05) is 0 Å². The Bertz CT molecular complexity index is 930. The normalized spacial score (nSPS) is 18.5. The molecule has 0 aromatic heterocycles. The fraction of sp³-hybridized carbons (Fsp3) is 0.280. The van der Waals surface area contributed by atoms with Gasteiger partial charge in [0.1, 0.15) is 18.8 Å². The second-order valence-corrected chi connectivity index (χ2v) is 9.69. The highest BCUT2D eigenvalue weighted by molar-refractivity contribution is 14.1. The maximum Gasteiger partial charge on any atom is 0.345 e. The number of esters is 2. The molecule has 0 amide bonds. The van der Waals surface area contributed by atoms with Gasteiger partial charge in [0.2, 0.25) is 0 Å². The van der Waals surface area contributed by atoms with Gasteiger partial charge in [-0.25, -0.2) is 9.59 Å². The highest BCUT2D eigenvalue weighted by Gasteiger charge is 2.30. The van der Waals surface area contributed by atoms with Gasteiger partial charge in [-0.05, 0) is 58.2 Å². The zero-order valence-corrected chi connectivity index (χ0v) is 20.4. The minimum atomic E-state index is -0.759. The average molecular weight is 566 g/mol. The number of ether oxygens (including phenoxy) is 2. The van der Waals surface area contributed by atoms with Crippen LogP contribution in [0.15, 0.2) is 80.9 Å². The molecule has 168 valence electrons. The van der Waals surface area contributed by atoms with Gasteiger partial charge in [0.15, 0.2) is 0 Å². The molecule has 3 rings (SSSR count). The Labute approximate surface area is 206 Å². The van der Waals surface area contributed by atoms with Gasteiger partial charge in [0.05, 0.1) is 3.04 Å². The highest BCUT2D eigenvalue weighted by Crippen LogP contribution is 2.36. The van der Waals surface area contributed by atoms with Gasteiger partial charge in [0.25, 0.3) is 0 Å². The van der Waals surface area contributed by atoms with E-state index in [1.165, 1.54) is 6.08 Å². The zero-order valence-electron chi connectivity index (χ0n) is 17.5. The van der Waals surface area contributed by atoms with Crippen molar-refractivity contribution in [1.29, 1.82) is 0 Å². The van der Waals surface area contributed by atoms with Crippen molar-refractivity contribution in [3.8, 4) is 0 Å². The van der Waals surface area contributed by atoms with E-state index >= 15 is 0 Å². The second-order valence-electron chi connectivity index (χ2n) is 7.60. The maximum atomic E-state index is 12.9. The molecular formula is C25H25ClINO4. The molecule has 2 N–H and O–H groups in total. The van der Waals surface area contributed by atoms with E-state index in [-0.39, 0.29) is 30.7 Å². The molecular weight excluding hydrogens is 541 g/mol. The van der Waals surface area contributed by atoms with E-state index < -0.39 is 11.9 Å². The van der Waals surface area contributed by atoms with E-state index in [1.807, 2.05) is 83.3 Å². The number of carbonyl (C=O) groups excluding carboxylic acids is 2. The Hall–Kier alpha value is -2.16.